The first-order chi connectivity index (χ1) is 28.7. The Morgan fingerprint density at radius 2 is 1.82 bits per heavy atom. The van der Waals surface area contributed by atoms with Crippen LogP contribution in [-0.2, 0) is 59.0 Å². The van der Waals surface area contributed by atoms with Crippen LogP contribution in [0.25, 0.3) is 0 Å². The molecule has 334 valence electrons. The molecule has 5 amide bonds. The summed E-state index contributed by atoms with van der Waals surface area (Å²) in [5, 5.41) is 14.9. The summed E-state index contributed by atoms with van der Waals surface area (Å²) in [5.41, 5.74) is -1.17. The third-order valence-electron chi connectivity index (χ3n) is 11.4. The number of ether oxygens (including phenoxy) is 5. The molecular weight excluding hydrogens is 840 g/mol. The van der Waals surface area contributed by atoms with Crippen LogP contribution in [0, 0.1) is 5.92 Å². The van der Waals surface area contributed by atoms with Crippen molar-refractivity contribution in [2.75, 3.05) is 44.7 Å². The Morgan fingerprint density at radius 1 is 1.13 bits per heavy atom. The average Bonchev–Trinajstić information content (AvgIpc) is 3.82. The van der Waals surface area contributed by atoms with Crippen molar-refractivity contribution in [1.82, 2.24) is 15.3 Å². The number of hydrogen-bond donors (Lipinski definition) is 2. The highest BCUT2D eigenvalue weighted by Crippen LogP contribution is 2.49. The first kappa shape index (κ1) is 47.4. The van der Waals surface area contributed by atoms with E-state index < -0.39 is 89.4 Å². The molecule has 2 N–H and O–H groups in total. The molecule has 0 aliphatic carbocycles. The number of thioether (sulfide) groups is 1. The lowest BCUT2D eigenvalue weighted by Gasteiger charge is -2.42. The van der Waals surface area contributed by atoms with Crippen LogP contribution in [0.1, 0.15) is 65.4 Å². The van der Waals surface area contributed by atoms with Crippen molar-refractivity contribution in [1.29, 1.82) is 0 Å². The smallest absolute Gasteiger partial charge is 0.409 e. The summed E-state index contributed by atoms with van der Waals surface area (Å²) in [7, 11) is 5.82. The van der Waals surface area contributed by atoms with Gasteiger partial charge in [-0.1, -0.05) is 42.3 Å². The van der Waals surface area contributed by atoms with Gasteiger partial charge in [0.2, 0.25) is 11.8 Å². The van der Waals surface area contributed by atoms with Crippen molar-refractivity contribution in [3.05, 3.63) is 46.5 Å². The lowest BCUT2D eigenvalue weighted by molar-refractivity contribution is -0.195. The van der Waals surface area contributed by atoms with Crippen LogP contribution in [0.2, 0.25) is 5.02 Å². The minimum Gasteiger partial charge on any atom is -0.495 e. The molecule has 4 heterocycles. The second kappa shape index (κ2) is 19.6. The van der Waals surface area contributed by atoms with Gasteiger partial charge in [-0.15, -0.1) is 16.8 Å². The van der Waals surface area contributed by atoms with E-state index in [2.05, 4.69) is 5.32 Å². The number of amides is 5. The van der Waals surface area contributed by atoms with E-state index in [0.29, 0.717) is 22.9 Å². The van der Waals surface area contributed by atoms with E-state index in [4.69, 9.17) is 40.1 Å². The van der Waals surface area contributed by atoms with Crippen molar-refractivity contribution in [2.24, 2.45) is 5.92 Å². The molecule has 4 aliphatic heterocycles. The van der Waals surface area contributed by atoms with Gasteiger partial charge in [0, 0.05) is 58.6 Å². The van der Waals surface area contributed by atoms with E-state index in [1.165, 1.54) is 45.0 Å². The molecule has 0 saturated carbocycles. The Morgan fingerprint density at radius 3 is 2.48 bits per heavy atom. The zero-order chi connectivity index (χ0) is 45.0. The summed E-state index contributed by atoms with van der Waals surface area (Å²) in [6.45, 7) is 6.79. The van der Waals surface area contributed by atoms with Crippen LogP contribution in [0.4, 0.5) is 10.5 Å². The van der Waals surface area contributed by atoms with Crippen LogP contribution in [-0.4, -0.2) is 138 Å². The van der Waals surface area contributed by atoms with Crippen LogP contribution in [0.5, 0.6) is 5.75 Å². The van der Waals surface area contributed by atoms with E-state index in [1.54, 1.807) is 38.1 Å². The number of aliphatic hydroxyl groups is 1. The largest absolute Gasteiger partial charge is 0.495 e. The summed E-state index contributed by atoms with van der Waals surface area (Å²) in [6, 6.07) is 2.38. The maximum Gasteiger partial charge on any atom is 0.409 e. The number of hydrogen-bond acceptors (Lipinski definition) is 15. The van der Waals surface area contributed by atoms with Gasteiger partial charge in [0.15, 0.2) is 5.72 Å². The fourth-order valence-corrected chi connectivity index (χ4v) is 8.49. The summed E-state index contributed by atoms with van der Waals surface area (Å²) in [4.78, 5) is 97.2. The zero-order valence-corrected chi connectivity index (χ0v) is 37.0. The highest BCUT2D eigenvalue weighted by Gasteiger charge is 2.64. The summed E-state index contributed by atoms with van der Waals surface area (Å²) < 4.78 is 29.2. The Bertz CT molecular complexity index is 1960. The molecule has 0 aromatic heterocycles. The number of epoxide rings is 1. The number of likely N-dealkylation sites (N-methyl/N-ethyl adjacent to an activating group) is 1. The van der Waals surface area contributed by atoms with Crippen LogP contribution < -0.4 is 15.0 Å². The molecule has 3 saturated heterocycles. The molecule has 0 unspecified atom stereocenters. The normalized spacial score (nSPS) is 29.9. The lowest BCUT2D eigenvalue weighted by atomic mass is 9.83. The molecule has 61 heavy (non-hydrogen) atoms. The van der Waals surface area contributed by atoms with Gasteiger partial charge in [-0.3, -0.25) is 24.5 Å². The summed E-state index contributed by atoms with van der Waals surface area (Å²) >= 11 is 7.81. The third kappa shape index (κ3) is 10.9. The van der Waals surface area contributed by atoms with Gasteiger partial charge in [0.05, 0.1) is 31.1 Å². The second-order valence-electron chi connectivity index (χ2n) is 15.8. The fourth-order valence-electron chi connectivity index (χ4n) is 7.50. The SMILES string of the molecule is COc1cc2cc(c1Cl)N(C)C(=O)C[C@H](OC(=O)[C@H](C)N(C)C(=O)CCSCC(=O)ON1C(=O)CCC1=O)[C@]1(C)O[C@H]1[C@H](C)[C@@H]1C[C@@](O)(NC(=O)O1)[C@H](OC)/C=C/C=C(\C)C2. The predicted octanol–water partition coefficient (Wildman–Crippen LogP) is 3.25. The number of methoxy groups -OCH3 is 2. The average molecular weight is 893 g/mol. The highest BCUT2D eigenvalue weighted by atomic mass is 35.5. The first-order valence-corrected chi connectivity index (χ1v) is 21.2. The Kier molecular flexibility index (Phi) is 15.2. The van der Waals surface area contributed by atoms with Crippen molar-refractivity contribution < 1.29 is 67.2 Å². The standard InChI is InChI=1S/C41H53ClN4O14S/c1-22-10-9-11-29(56-8)41(54)20-28(57-39(53)43-41)23(2)37-40(4,59-37)30(19-34(50)45(6)26-17-25(16-22)18-27(55-7)36(26)42)58-38(52)24(3)44(5)31(47)14-15-61-21-35(51)60-46-32(48)12-13-33(46)49/h9-11,17-18,23-24,28-30,37,54H,12-16,19-21H2,1-8H3,(H,43,53)/b11-9+,22-10+/t23-,24+,28+,29-,30+,37+,40+,41+/m1/s1. The molecular formula is C41H53ClN4O14S. The van der Waals surface area contributed by atoms with Crippen LogP contribution in [0.3, 0.4) is 0 Å². The van der Waals surface area contributed by atoms with E-state index in [9.17, 15) is 38.7 Å². The van der Waals surface area contributed by atoms with Gasteiger partial charge in [0.25, 0.3) is 11.8 Å². The maximum atomic E-state index is 14.2. The number of halogens is 1. The number of alkyl carbamates (subject to hydrolysis) is 1. The molecule has 18 nitrogen and oxygen atoms in total. The number of nitrogens with one attached hydrogen (secondary N) is 1. The molecule has 1 aromatic rings. The first-order valence-electron chi connectivity index (χ1n) is 19.7. The number of allylic oxidation sites excluding steroid dienone is 3. The fraction of sp³-hybridized carbons (Fsp3) is 0.585. The van der Waals surface area contributed by atoms with E-state index in [-0.39, 0.29) is 48.6 Å². The van der Waals surface area contributed by atoms with Crippen molar-refractivity contribution in [3.63, 3.8) is 0 Å². The zero-order valence-electron chi connectivity index (χ0n) is 35.4. The van der Waals surface area contributed by atoms with Crippen molar-refractivity contribution >= 4 is 70.7 Å². The van der Waals surface area contributed by atoms with Crippen LogP contribution >= 0.6 is 23.4 Å². The minimum atomic E-state index is -1.87. The molecule has 0 spiro atoms. The summed E-state index contributed by atoms with van der Waals surface area (Å²) in [6.07, 6.45) is 0.237. The van der Waals surface area contributed by atoms with Gasteiger partial charge in [-0.05, 0) is 44.9 Å². The molecule has 0 radical (unpaired) electrons. The van der Waals surface area contributed by atoms with Gasteiger partial charge in [-0.2, -0.15) is 0 Å². The van der Waals surface area contributed by atoms with Gasteiger partial charge < -0.3 is 43.4 Å². The topological polar surface area (TPSA) is 220 Å². The van der Waals surface area contributed by atoms with E-state index >= 15 is 0 Å². The molecule has 8 atom stereocenters. The van der Waals surface area contributed by atoms with E-state index in [0.717, 1.165) is 22.9 Å². The molecule has 4 aliphatic rings. The highest BCUT2D eigenvalue weighted by molar-refractivity contribution is 7.99. The number of esters is 1. The number of nitrogens with zero attached hydrogens (tertiary/aromatic N) is 3. The van der Waals surface area contributed by atoms with Gasteiger partial charge in [-0.25, -0.2) is 14.4 Å². The Balaban J connectivity index is 1.36. The van der Waals surface area contributed by atoms with Crippen molar-refractivity contribution in [2.45, 2.75) is 108 Å². The van der Waals surface area contributed by atoms with Gasteiger partial charge in [0.1, 0.15) is 40.7 Å². The number of hydroxylamine groups is 2. The molecule has 3 fully saturated rings. The Labute approximate surface area is 363 Å². The minimum absolute atomic E-state index is 0.0355. The predicted molar refractivity (Wildman–Crippen MR) is 220 cm³/mol. The number of carbonyl (C=O) groups is 7. The Hall–Kier alpha value is -4.69. The monoisotopic (exact) mass is 892 g/mol. The number of rotatable bonds is 11. The van der Waals surface area contributed by atoms with E-state index in [1.807, 2.05) is 13.0 Å². The number of imide groups is 1. The molecule has 4 bridgehead atoms. The number of anilines is 1. The van der Waals surface area contributed by atoms with Gasteiger partial charge >= 0.3 is 18.0 Å². The van der Waals surface area contributed by atoms with Crippen molar-refractivity contribution in [3.8, 4) is 5.75 Å². The van der Waals surface area contributed by atoms with Crippen LogP contribution in [0.15, 0.2) is 35.9 Å². The second-order valence-corrected chi connectivity index (χ2v) is 17.2. The third-order valence-corrected chi connectivity index (χ3v) is 12.7. The number of benzene rings is 1. The molecule has 5 rings (SSSR count). The lowest BCUT2D eigenvalue weighted by Crippen LogP contribution is -2.63. The number of fused-ring (bicyclic) bond motifs is 5. The number of carbonyl (C=O) groups excluding carboxylic acids is 7. The molecule has 1 aromatic carbocycles. The molecule has 20 heteroatoms. The maximum absolute atomic E-state index is 14.2. The quantitative estimate of drug-likeness (QED) is 0.141. The summed E-state index contributed by atoms with van der Waals surface area (Å²) in [5.74, 6) is -4.15.